The number of halogens is 3. The van der Waals surface area contributed by atoms with Crippen molar-refractivity contribution in [2.75, 3.05) is 7.11 Å². The lowest BCUT2D eigenvalue weighted by atomic mass is 9.98. The van der Waals surface area contributed by atoms with Gasteiger partial charge in [0.2, 0.25) is 11.8 Å². The van der Waals surface area contributed by atoms with Crippen LogP contribution in [0.3, 0.4) is 0 Å². The summed E-state index contributed by atoms with van der Waals surface area (Å²) in [5.74, 6) is -1.91. The average Bonchev–Trinajstić information content (AvgIpc) is 2.58. The average molecular weight is 402 g/mol. The highest BCUT2D eigenvalue weighted by Gasteiger charge is 2.35. The minimum absolute atomic E-state index is 0.0603. The highest BCUT2D eigenvalue weighted by atomic mass is 19.4. The minimum atomic E-state index is -4.60. The fourth-order valence-corrected chi connectivity index (χ4v) is 2.75. The van der Waals surface area contributed by atoms with E-state index in [-0.39, 0.29) is 11.5 Å². The molecule has 0 radical (unpaired) electrons. The Morgan fingerprint density at radius 2 is 1.68 bits per heavy atom. The van der Waals surface area contributed by atoms with Gasteiger partial charge in [-0.3, -0.25) is 9.59 Å². The van der Waals surface area contributed by atoms with E-state index in [1.807, 2.05) is 13.8 Å². The van der Waals surface area contributed by atoms with Gasteiger partial charge in [0.25, 0.3) is 0 Å². The molecule has 2 atom stereocenters. The normalized spacial score (nSPS) is 13.6. The summed E-state index contributed by atoms with van der Waals surface area (Å²) in [6, 6.07) is 2.56. The molecule has 1 aromatic carbocycles. The van der Waals surface area contributed by atoms with E-state index in [1.54, 1.807) is 0 Å². The summed E-state index contributed by atoms with van der Waals surface area (Å²) in [7, 11) is 1.08. The molecule has 6 nitrogen and oxygen atoms in total. The molecule has 0 aliphatic heterocycles. The van der Waals surface area contributed by atoms with Gasteiger partial charge in [-0.15, -0.1) is 0 Å². The smallest absolute Gasteiger partial charge is 0.416 e. The van der Waals surface area contributed by atoms with Crippen LogP contribution < -0.4 is 10.6 Å². The predicted octanol–water partition coefficient (Wildman–Crippen LogP) is 2.46. The predicted molar refractivity (Wildman–Crippen MR) is 96.2 cm³/mol. The van der Waals surface area contributed by atoms with Crippen molar-refractivity contribution in [1.29, 1.82) is 0 Å². The molecular weight excluding hydrogens is 377 g/mol. The number of methoxy groups -OCH3 is 1. The van der Waals surface area contributed by atoms with E-state index >= 15 is 0 Å². The van der Waals surface area contributed by atoms with Gasteiger partial charge in [-0.05, 0) is 24.0 Å². The molecule has 1 rings (SSSR count). The largest absolute Gasteiger partial charge is 0.467 e. The van der Waals surface area contributed by atoms with E-state index in [4.69, 9.17) is 0 Å². The maximum Gasteiger partial charge on any atom is 0.416 e. The molecule has 0 aliphatic carbocycles. The molecule has 0 bridgehead atoms. The van der Waals surface area contributed by atoms with Crippen molar-refractivity contribution in [3.05, 3.63) is 35.4 Å². The summed E-state index contributed by atoms with van der Waals surface area (Å²) < 4.78 is 44.3. The number of hydrogen-bond donors (Lipinski definition) is 2. The second-order valence-corrected chi connectivity index (χ2v) is 6.83. The third kappa shape index (κ3) is 7.21. The molecule has 2 N–H and O–H groups in total. The number of alkyl halides is 3. The van der Waals surface area contributed by atoms with Crippen LogP contribution in [0.5, 0.6) is 0 Å². The van der Waals surface area contributed by atoms with Crippen molar-refractivity contribution in [2.24, 2.45) is 5.92 Å². The lowest BCUT2D eigenvalue weighted by Crippen LogP contribution is -2.52. The minimum Gasteiger partial charge on any atom is -0.467 e. The molecule has 0 aromatic heterocycles. The lowest BCUT2D eigenvalue weighted by molar-refractivity contribution is -0.146. The quantitative estimate of drug-likeness (QED) is 0.655. The fraction of sp³-hybridized carbons (Fsp3) is 0.526. The van der Waals surface area contributed by atoms with Crippen LogP contribution in [0.4, 0.5) is 13.2 Å². The Bertz CT molecular complexity index is 705. The first-order valence-corrected chi connectivity index (χ1v) is 8.76. The number of amides is 2. The molecular formula is C19H25F3N2O4. The second-order valence-electron chi connectivity index (χ2n) is 6.83. The van der Waals surface area contributed by atoms with Crippen LogP contribution in [0.15, 0.2) is 24.3 Å². The number of rotatable bonds is 8. The first-order valence-electron chi connectivity index (χ1n) is 8.76. The van der Waals surface area contributed by atoms with E-state index < -0.39 is 48.0 Å². The second kappa shape index (κ2) is 10.1. The summed E-state index contributed by atoms with van der Waals surface area (Å²) in [6.45, 7) is 4.94. The first-order chi connectivity index (χ1) is 13.0. The number of hydrogen-bond acceptors (Lipinski definition) is 4. The third-order valence-corrected chi connectivity index (χ3v) is 3.95. The van der Waals surface area contributed by atoms with Gasteiger partial charge in [-0.1, -0.05) is 32.0 Å². The van der Waals surface area contributed by atoms with Crippen molar-refractivity contribution in [2.45, 2.75) is 51.9 Å². The van der Waals surface area contributed by atoms with Gasteiger partial charge in [-0.2, -0.15) is 13.2 Å². The van der Waals surface area contributed by atoms with Crippen molar-refractivity contribution >= 4 is 17.8 Å². The summed E-state index contributed by atoms with van der Waals surface area (Å²) in [6.07, 6.45) is -4.70. The van der Waals surface area contributed by atoms with Crippen LogP contribution in [0.25, 0.3) is 0 Å². The SMILES string of the molecule is COC(=O)[C@@H](Cc1ccccc1C(F)(F)F)NC(=O)[C@H](CC(C)C)NC(C)=O. The van der Waals surface area contributed by atoms with Crippen LogP contribution in [-0.2, 0) is 31.7 Å². The van der Waals surface area contributed by atoms with Crippen molar-refractivity contribution in [3.8, 4) is 0 Å². The van der Waals surface area contributed by atoms with Gasteiger partial charge >= 0.3 is 12.1 Å². The molecule has 0 unspecified atom stereocenters. The van der Waals surface area contributed by atoms with Crippen molar-refractivity contribution < 1.29 is 32.3 Å². The van der Waals surface area contributed by atoms with Crippen molar-refractivity contribution in [1.82, 2.24) is 10.6 Å². The molecule has 2 amide bonds. The van der Waals surface area contributed by atoms with Gasteiger partial charge in [0.05, 0.1) is 12.7 Å². The molecule has 0 aliphatic rings. The fourth-order valence-electron chi connectivity index (χ4n) is 2.75. The molecule has 0 fully saturated rings. The number of esters is 1. The Hall–Kier alpha value is -2.58. The van der Waals surface area contributed by atoms with E-state index in [0.717, 1.165) is 13.2 Å². The Kier molecular flexibility index (Phi) is 8.46. The summed E-state index contributed by atoms with van der Waals surface area (Å²) in [5.41, 5.74) is -1.04. The highest BCUT2D eigenvalue weighted by molar-refractivity contribution is 5.90. The number of benzene rings is 1. The van der Waals surface area contributed by atoms with Gasteiger partial charge in [-0.25, -0.2) is 4.79 Å². The van der Waals surface area contributed by atoms with Gasteiger partial charge in [0.1, 0.15) is 12.1 Å². The van der Waals surface area contributed by atoms with Crippen LogP contribution >= 0.6 is 0 Å². The van der Waals surface area contributed by atoms with Crippen molar-refractivity contribution in [3.63, 3.8) is 0 Å². The summed E-state index contributed by atoms with van der Waals surface area (Å²) in [5, 5.41) is 4.90. The number of ether oxygens (including phenoxy) is 1. The van der Waals surface area contributed by atoms with Crippen LogP contribution in [0, 0.1) is 5.92 Å². The zero-order valence-electron chi connectivity index (χ0n) is 16.2. The monoisotopic (exact) mass is 402 g/mol. The van der Waals surface area contributed by atoms with Crippen LogP contribution in [0.1, 0.15) is 38.3 Å². The zero-order chi connectivity index (χ0) is 21.5. The van der Waals surface area contributed by atoms with E-state index in [1.165, 1.54) is 25.1 Å². The molecule has 9 heteroatoms. The Labute approximate surface area is 161 Å². The van der Waals surface area contributed by atoms with Crippen LogP contribution in [-0.4, -0.2) is 37.0 Å². The van der Waals surface area contributed by atoms with Crippen LogP contribution in [0.2, 0.25) is 0 Å². The summed E-state index contributed by atoms with van der Waals surface area (Å²) >= 11 is 0. The zero-order valence-corrected chi connectivity index (χ0v) is 16.2. The maximum atomic E-state index is 13.2. The summed E-state index contributed by atoms with van der Waals surface area (Å²) in [4.78, 5) is 36.0. The number of carbonyl (C=O) groups is 3. The molecule has 0 saturated heterocycles. The molecule has 0 heterocycles. The standard InChI is InChI=1S/C19H25F3N2O4/c1-11(2)9-15(23-12(3)25)17(26)24-16(18(27)28-4)10-13-7-5-6-8-14(13)19(20,21)22/h5-8,11,15-16H,9-10H2,1-4H3,(H,23,25)(H,24,26)/t15-,16+/m0/s1. The molecule has 0 saturated carbocycles. The number of nitrogens with one attached hydrogen (secondary N) is 2. The van der Waals surface area contributed by atoms with E-state index in [2.05, 4.69) is 15.4 Å². The maximum absolute atomic E-state index is 13.2. The van der Waals surface area contributed by atoms with Gasteiger partial charge in [0, 0.05) is 13.3 Å². The molecule has 0 spiro atoms. The molecule has 1 aromatic rings. The third-order valence-electron chi connectivity index (χ3n) is 3.95. The Balaban J connectivity index is 3.08. The molecule has 156 valence electrons. The molecule has 28 heavy (non-hydrogen) atoms. The lowest BCUT2D eigenvalue weighted by Gasteiger charge is -2.24. The first kappa shape index (κ1) is 23.5. The Morgan fingerprint density at radius 3 is 2.18 bits per heavy atom. The topological polar surface area (TPSA) is 84.5 Å². The Morgan fingerprint density at radius 1 is 1.07 bits per heavy atom. The van der Waals surface area contributed by atoms with Gasteiger partial charge in [0.15, 0.2) is 0 Å². The van der Waals surface area contributed by atoms with Gasteiger partial charge < -0.3 is 15.4 Å². The van der Waals surface area contributed by atoms with E-state index in [9.17, 15) is 27.6 Å². The number of carbonyl (C=O) groups excluding carboxylic acids is 3. The highest BCUT2D eigenvalue weighted by Crippen LogP contribution is 2.32. The van der Waals surface area contributed by atoms with E-state index in [0.29, 0.717) is 6.42 Å².